The number of nitrogens with zero attached hydrogens (tertiary/aromatic N) is 4. The zero-order chi connectivity index (χ0) is 16.8. The molecule has 2 aromatic heterocycles. The first-order valence-electron chi connectivity index (χ1n) is 6.48. The monoisotopic (exact) mass is 347 g/mol. The van der Waals surface area contributed by atoms with Crippen molar-refractivity contribution >= 4 is 19.0 Å². The van der Waals surface area contributed by atoms with Crippen LogP contribution in [-0.4, -0.2) is 58.2 Å². The van der Waals surface area contributed by atoms with Crippen molar-refractivity contribution in [1.29, 1.82) is 5.41 Å². The van der Waals surface area contributed by atoms with Gasteiger partial charge in [0.15, 0.2) is 16.7 Å². The Kier molecular flexibility index (Phi) is 3.96. The molecule has 12 nitrogen and oxygen atoms in total. The Bertz CT molecular complexity index is 829. The maximum atomic E-state index is 10.7. The van der Waals surface area contributed by atoms with E-state index in [9.17, 15) is 14.9 Å². The summed E-state index contributed by atoms with van der Waals surface area (Å²) >= 11 is 0. The lowest BCUT2D eigenvalue weighted by Crippen LogP contribution is -2.25. The number of imidazole rings is 1. The molecule has 0 aliphatic carbocycles. The third-order valence-corrected chi connectivity index (χ3v) is 3.92. The number of phosphoric acid groups is 1. The fraction of sp³-hybridized carbons (Fsp3) is 0.500. The summed E-state index contributed by atoms with van der Waals surface area (Å²) < 4.78 is 22.6. The van der Waals surface area contributed by atoms with Crippen LogP contribution in [0.25, 0.3) is 11.2 Å². The van der Waals surface area contributed by atoms with Crippen molar-refractivity contribution in [1.82, 2.24) is 19.3 Å². The number of ether oxygens (including phenoxy) is 1. The molecule has 1 fully saturated rings. The molecule has 0 amide bonds. The summed E-state index contributed by atoms with van der Waals surface area (Å²) in [6, 6.07) is 0. The summed E-state index contributed by atoms with van der Waals surface area (Å²) in [6.07, 6.45) is -0.106. The van der Waals surface area contributed by atoms with Crippen LogP contribution in [0.4, 0.5) is 0 Å². The van der Waals surface area contributed by atoms with Gasteiger partial charge in [0.2, 0.25) is 0 Å². The number of fused-ring (bicyclic) bond motifs is 1. The number of aliphatic hydroxyl groups is 1. The van der Waals surface area contributed by atoms with Gasteiger partial charge < -0.3 is 24.8 Å². The second kappa shape index (κ2) is 5.67. The normalized spacial score (nSPS) is 25.3. The van der Waals surface area contributed by atoms with Crippen molar-refractivity contribution in [2.24, 2.45) is 0 Å². The minimum Gasteiger partial charge on any atom is -0.425 e. The number of aromatic nitrogens is 4. The highest BCUT2D eigenvalue weighted by Gasteiger charge is 2.37. The molecule has 2 aromatic rings. The average molecular weight is 347 g/mol. The zero-order valence-electron chi connectivity index (χ0n) is 11.6. The highest BCUT2D eigenvalue weighted by Crippen LogP contribution is 2.38. The summed E-state index contributed by atoms with van der Waals surface area (Å²) in [5.41, 5.74) is 0.158. The second-order valence-corrected chi connectivity index (χ2v) is 6.22. The molecule has 1 saturated heterocycles. The SMILES string of the molecule is N=c1c2ncn([C@H]3C[C@H](O)[C@@H](COP(=O)(O)O)O3)c2ncn1O. The van der Waals surface area contributed by atoms with E-state index in [4.69, 9.17) is 19.9 Å². The van der Waals surface area contributed by atoms with E-state index in [0.29, 0.717) is 4.73 Å². The lowest BCUT2D eigenvalue weighted by atomic mass is 10.2. The lowest BCUT2D eigenvalue weighted by Gasteiger charge is -2.16. The predicted molar refractivity (Wildman–Crippen MR) is 71.1 cm³/mol. The summed E-state index contributed by atoms with van der Waals surface area (Å²) in [5.74, 6) is 0. The van der Waals surface area contributed by atoms with Crippen LogP contribution in [-0.2, 0) is 13.8 Å². The highest BCUT2D eigenvalue weighted by molar-refractivity contribution is 7.46. The maximum Gasteiger partial charge on any atom is 0.469 e. The Labute approximate surface area is 128 Å². The Morgan fingerprint density at radius 3 is 2.87 bits per heavy atom. The molecule has 23 heavy (non-hydrogen) atoms. The Morgan fingerprint density at radius 2 is 2.17 bits per heavy atom. The maximum absolute atomic E-state index is 10.7. The van der Waals surface area contributed by atoms with Crippen LogP contribution < -0.4 is 5.49 Å². The molecule has 3 heterocycles. The van der Waals surface area contributed by atoms with Crippen molar-refractivity contribution in [2.45, 2.75) is 24.9 Å². The van der Waals surface area contributed by atoms with Gasteiger partial charge in [0, 0.05) is 6.42 Å². The first kappa shape index (κ1) is 16.1. The van der Waals surface area contributed by atoms with Gasteiger partial charge in [-0.3, -0.25) is 14.5 Å². The van der Waals surface area contributed by atoms with Crippen molar-refractivity contribution in [3.63, 3.8) is 0 Å². The third kappa shape index (κ3) is 3.13. The van der Waals surface area contributed by atoms with Gasteiger partial charge in [0.1, 0.15) is 18.7 Å². The third-order valence-electron chi connectivity index (χ3n) is 3.43. The molecular weight excluding hydrogens is 333 g/mol. The number of aliphatic hydroxyl groups excluding tert-OH is 1. The molecule has 1 aliphatic heterocycles. The topological polar surface area (TPSA) is 176 Å². The van der Waals surface area contributed by atoms with E-state index < -0.39 is 32.9 Å². The van der Waals surface area contributed by atoms with Gasteiger partial charge in [-0.1, -0.05) is 0 Å². The van der Waals surface area contributed by atoms with Gasteiger partial charge in [0.25, 0.3) is 0 Å². The van der Waals surface area contributed by atoms with Gasteiger partial charge >= 0.3 is 7.82 Å². The fourth-order valence-electron chi connectivity index (χ4n) is 2.34. The molecule has 0 aromatic carbocycles. The van der Waals surface area contributed by atoms with Crippen molar-refractivity contribution in [3.8, 4) is 0 Å². The smallest absolute Gasteiger partial charge is 0.425 e. The van der Waals surface area contributed by atoms with Gasteiger partial charge in [-0.2, -0.15) is 4.73 Å². The minimum absolute atomic E-state index is 0.129. The van der Waals surface area contributed by atoms with Crippen LogP contribution >= 0.6 is 7.82 Å². The molecule has 1 aliphatic rings. The van der Waals surface area contributed by atoms with E-state index in [-0.39, 0.29) is 23.1 Å². The van der Waals surface area contributed by atoms with E-state index in [1.165, 1.54) is 10.9 Å². The van der Waals surface area contributed by atoms with E-state index >= 15 is 0 Å². The number of rotatable bonds is 4. The van der Waals surface area contributed by atoms with Crippen LogP contribution in [0.2, 0.25) is 0 Å². The number of hydrogen-bond donors (Lipinski definition) is 5. The second-order valence-electron chi connectivity index (χ2n) is 4.98. The molecule has 0 bridgehead atoms. The molecular formula is C10H14N5O7P. The average Bonchev–Trinajstić information content (AvgIpc) is 3.04. The Hall–Kier alpha value is -1.82. The highest BCUT2D eigenvalue weighted by atomic mass is 31.2. The largest absolute Gasteiger partial charge is 0.469 e. The molecule has 0 unspecified atom stereocenters. The summed E-state index contributed by atoms with van der Waals surface area (Å²) in [5, 5.41) is 27.0. The van der Waals surface area contributed by atoms with Gasteiger partial charge in [0.05, 0.1) is 19.0 Å². The number of hydrogen-bond acceptors (Lipinski definition) is 8. The summed E-state index contributed by atoms with van der Waals surface area (Å²) in [7, 11) is -4.65. The minimum atomic E-state index is -4.65. The zero-order valence-corrected chi connectivity index (χ0v) is 12.4. The van der Waals surface area contributed by atoms with Gasteiger partial charge in [-0.25, -0.2) is 14.5 Å². The van der Waals surface area contributed by atoms with E-state index in [0.717, 1.165) is 6.33 Å². The molecule has 3 rings (SSSR count). The van der Waals surface area contributed by atoms with Crippen LogP contribution in [0.15, 0.2) is 12.7 Å². The molecule has 0 saturated carbocycles. The van der Waals surface area contributed by atoms with Gasteiger partial charge in [-0.15, -0.1) is 0 Å². The van der Waals surface area contributed by atoms with Crippen molar-refractivity contribution < 1.29 is 33.9 Å². The fourth-order valence-corrected chi connectivity index (χ4v) is 2.68. The van der Waals surface area contributed by atoms with Crippen molar-refractivity contribution in [2.75, 3.05) is 6.61 Å². The van der Waals surface area contributed by atoms with Crippen LogP contribution in [0, 0.1) is 5.41 Å². The Morgan fingerprint density at radius 1 is 1.43 bits per heavy atom. The summed E-state index contributed by atoms with van der Waals surface area (Å²) in [4.78, 5) is 25.3. The first-order valence-corrected chi connectivity index (χ1v) is 8.01. The van der Waals surface area contributed by atoms with E-state index in [1.807, 2.05) is 0 Å². The van der Waals surface area contributed by atoms with Gasteiger partial charge in [-0.05, 0) is 0 Å². The van der Waals surface area contributed by atoms with E-state index in [1.54, 1.807) is 0 Å². The predicted octanol–water partition coefficient (Wildman–Crippen LogP) is -1.29. The Balaban J connectivity index is 1.82. The molecule has 3 atom stereocenters. The summed E-state index contributed by atoms with van der Waals surface area (Å²) in [6.45, 7) is -0.470. The standard InChI is InChI=1S/C10H14N5O7P/c11-9-8-10(13-4-15(9)17)14(3-12-8)7-1-5(16)6(22-7)2-21-23(18,19)20/h3-7,11,16-17H,1-2H2,(H2,18,19,20)/t5-,6+,7+/m0/s1. The molecule has 126 valence electrons. The van der Waals surface area contributed by atoms with E-state index in [2.05, 4.69) is 14.5 Å². The first-order chi connectivity index (χ1) is 10.8. The molecule has 13 heteroatoms. The van der Waals surface area contributed by atoms with Crippen molar-refractivity contribution in [3.05, 3.63) is 18.1 Å². The molecule has 0 spiro atoms. The van der Waals surface area contributed by atoms with Crippen LogP contribution in [0.3, 0.4) is 0 Å². The number of nitrogens with one attached hydrogen (secondary N) is 1. The van der Waals surface area contributed by atoms with Crippen LogP contribution in [0.5, 0.6) is 0 Å². The number of phosphoric ester groups is 1. The quantitative estimate of drug-likeness (QED) is 0.332. The van der Waals surface area contributed by atoms with Crippen LogP contribution in [0.1, 0.15) is 12.6 Å². The molecule has 5 N–H and O–H groups in total. The molecule has 0 radical (unpaired) electrons. The lowest BCUT2D eigenvalue weighted by molar-refractivity contribution is -0.0424.